The quantitative estimate of drug-likeness (QED) is 0.471. The molecule has 0 unspecified atom stereocenters. The highest BCUT2D eigenvalue weighted by Gasteiger charge is 2.14. The summed E-state index contributed by atoms with van der Waals surface area (Å²) in [5.41, 5.74) is 3.59. The van der Waals surface area contributed by atoms with Crippen LogP contribution in [0.5, 0.6) is 5.75 Å². The van der Waals surface area contributed by atoms with Crippen LogP contribution in [-0.4, -0.2) is 22.5 Å². The Bertz CT molecular complexity index is 1170. The van der Waals surface area contributed by atoms with E-state index < -0.39 is 0 Å². The summed E-state index contributed by atoms with van der Waals surface area (Å²) in [6, 6.07) is 20.5. The molecule has 0 saturated carbocycles. The lowest BCUT2D eigenvalue weighted by molar-refractivity contribution is 0.102. The van der Waals surface area contributed by atoms with Gasteiger partial charge in [0.1, 0.15) is 12.4 Å². The molecule has 0 radical (unpaired) electrons. The summed E-state index contributed by atoms with van der Waals surface area (Å²) in [7, 11) is 0. The Hall–Kier alpha value is -3.99. The first-order chi connectivity index (χ1) is 14.2. The minimum Gasteiger partial charge on any atom is -0.489 e. The molecule has 0 aliphatic heterocycles. The number of rotatable bonds is 6. The number of ether oxygens (including phenoxy) is 1. The van der Waals surface area contributed by atoms with Crippen LogP contribution in [0.2, 0.25) is 0 Å². The molecule has 4 aromatic rings. The number of aromatic nitrogens is 2. The molecule has 0 saturated heterocycles. The Morgan fingerprint density at radius 3 is 2.69 bits per heavy atom. The van der Waals surface area contributed by atoms with E-state index in [-0.39, 0.29) is 5.91 Å². The molecule has 1 amide bonds. The molecular weight excluding hydrogens is 362 g/mol. The van der Waals surface area contributed by atoms with Crippen molar-refractivity contribution in [1.82, 2.24) is 9.97 Å². The van der Waals surface area contributed by atoms with Gasteiger partial charge in [-0.1, -0.05) is 36.9 Å². The Balaban J connectivity index is 1.71. The Morgan fingerprint density at radius 2 is 1.86 bits per heavy atom. The molecular formula is C24H19N3O2. The van der Waals surface area contributed by atoms with Gasteiger partial charge in [0, 0.05) is 35.1 Å². The van der Waals surface area contributed by atoms with Gasteiger partial charge in [-0.25, -0.2) is 4.98 Å². The summed E-state index contributed by atoms with van der Waals surface area (Å²) >= 11 is 0. The van der Waals surface area contributed by atoms with Crippen molar-refractivity contribution in [2.24, 2.45) is 0 Å². The van der Waals surface area contributed by atoms with Gasteiger partial charge in [0.2, 0.25) is 0 Å². The van der Waals surface area contributed by atoms with Crippen molar-refractivity contribution in [2.75, 3.05) is 11.9 Å². The van der Waals surface area contributed by atoms with Crippen LogP contribution in [0.3, 0.4) is 0 Å². The van der Waals surface area contributed by atoms with Gasteiger partial charge < -0.3 is 10.1 Å². The summed E-state index contributed by atoms with van der Waals surface area (Å²) in [5, 5.41) is 3.75. The molecule has 4 rings (SSSR count). The van der Waals surface area contributed by atoms with Gasteiger partial charge in [0.25, 0.3) is 5.91 Å². The zero-order chi connectivity index (χ0) is 20.1. The average Bonchev–Trinajstić information content (AvgIpc) is 2.77. The predicted molar refractivity (Wildman–Crippen MR) is 115 cm³/mol. The van der Waals surface area contributed by atoms with E-state index in [9.17, 15) is 4.79 Å². The van der Waals surface area contributed by atoms with Crippen LogP contribution in [0.1, 0.15) is 10.4 Å². The first-order valence-electron chi connectivity index (χ1n) is 9.20. The molecule has 142 valence electrons. The number of anilines is 1. The molecule has 0 aliphatic rings. The molecule has 2 aromatic carbocycles. The van der Waals surface area contributed by atoms with E-state index in [1.807, 2.05) is 60.7 Å². The van der Waals surface area contributed by atoms with Crippen molar-refractivity contribution in [2.45, 2.75) is 0 Å². The van der Waals surface area contributed by atoms with Crippen LogP contribution in [0.25, 0.3) is 22.2 Å². The Morgan fingerprint density at radius 1 is 1.03 bits per heavy atom. The van der Waals surface area contributed by atoms with E-state index in [0.29, 0.717) is 23.6 Å². The maximum atomic E-state index is 13.1. The first kappa shape index (κ1) is 18.4. The standard InChI is InChI=1S/C24H19N3O2/c1-2-14-29-19-7-5-6-18(15-19)26-24(28)21-16-23(17-10-12-25-13-11-17)27-22-9-4-3-8-20(21)22/h2-13,15-16H,1,14H2,(H,26,28). The minimum atomic E-state index is -0.209. The normalized spacial score (nSPS) is 10.5. The monoisotopic (exact) mass is 381 g/mol. The number of pyridine rings is 2. The highest BCUT2D eigenvalue weighted by molar-refractivity contribution is 6.13. The van der Waals surface area contributed by atoms with E-state index in [0.717, 1.165) is 22.2 Å². The Kier molecular flexibility index (Phi) is 5.29. The number of carbonyl (C=O) groups excluding carboxylic acids is 1. The molecule has 5 nitrogen and oxygen atoms in total. The SMILES string of the molecule is C=CCOc1cccc(NC(=O)c2cc(-c3ccncc3)nc3ccccc23)c1. The number of para-hydroxylation sites is 1. The molecule has 0 aliphatic carbocycles. The number of hydrogen-bond acceptors (Lipinski definition) is 4. The number of nitrogens with zero attached hydrogens (tertiary/aromatic N) is 2. The zero-order valence-corrected chi connectivity index (χ0v) is 15.7. The third-order valence-corrected chi connectivity index (χ3v) is 4.40. The van der Waals surface area contributed by atoms with Crippen LogP contribution < -0.4 is 10.1 Å². The number of amides is 1. The number of hydrogen-bond donors (Lipinski definition) is 1. The molecule has 2 heterocycles. The fraction of sp³-hybridized carbons (Fsp3) is 0.0417. The van der Waals surface area contributed by atoms with Crippen LogP contribution in [0.15, 0.2) is 91.8 Å². The summed E-state index contributed by atoms with van der Waals surface area (Å²) in [6.45, 7) is 4.05. The second-order valence-corrected chi connectivity index (χ2v) is 6.39. The van der Waals surface area contributed by atoms with Crippen LogP contribution in [0.4, 0.5) is 5.69 Å². The number of fused-ring (bicyclic) bond motifs is 1. The molecule has 0 atom stereocenters. The molecule has 1 N–H and O–H groups in total. The summed E-state index contributed by atoms with van der Waals surface area (Å²) in [5.74, 6) is 0.458. The summed E-state index contributed by atoms with van der Waals surface area (Å²) in [6.07, 6.45) is 5.09. The van der Waals surface area contributed by atoms with Crippen LogP contribution in [-0.2, 0) is 0 Å². The maximum absolute atomic E-state index is 13.1. The lowest BCUT2D eigenvalue weighted by Crippen LogP contribution is -2.13. The molecule has 5 heteroatoms. The van der Waals surface area contributed by atoms with Crippen molar-refractivity contribution < 1.29 is 9.53 Å². The van der Waals surface area contributed by atoms with Crippen molar-refractivity contribution in [3.8, 4) is 17.0 Å². The first-order valence-corrected chi connectivity index (χ1v) is 9.20. The molecule has 0 bridgehead atoms. The minimum absolute atomic E-state index is 0.209. The molecule has 29 heavy (non-hydrogen) atoms. The highest BCUT2D eigenvalue weighted by Crippen LogP contribution is 2.26. The van der Waals surface area contributed by atoms with Gasteiger partial charge in [0.05, 0.1) is 16.8 Å². The van der Waals surface area contributed by atoms with Gasteiger partial charge in [-0.2, -0.15) is 0 Å². The van der Waals surface area contributed by atoms with Crippen LogP contribution in [0, 0.1) is 0 Å². The Labute approximate surface area is 168 Å². The second-order valence-electron chi connectivity index (χ2n) is 6.39. The van der Waals surface area contributed by atoms with Gasteiger partial charge >= 0.3 is 0 Å². The summed E-state index contributed by atoms with van der Waals surface area (Å²) < 4.78 is 5.55. The van der Waals surface area contributed by atoms with Gasteiger partial charge in [-0.3, -0.25) is 9.78 Å². The molecule has 0 fully saturated rings. The molecule has 0 spiro atoms. The van der Waals surface area contributed by atoms with Crippen molar-refractivity contribution >= 4 is 22.5 Å². The maximum Gasteiger partial charge on any atom is 0.256 e. The highest BCUT2D eigenvalue weighted by atomic mass is 16.5. The lowest BCUT2D eigenvalue weighted by atomic mass is 10.0. The number of nitrogens with one attached hydrogen (secondary N) is 1. The molecule has 2 aromatic heterocycles. The van der Waals surface area contributed by atoms with Crippen LogP contribution >= 0.6 is 0 Å². The number of benzene rings is 2. The van der Waals surface area contributed by atoms with E-state index in [4.69, 9.17) is 9.72 Å². The van der Waals surface area contributed by atoms with E-state index in [1.165, 1.54) is 0 Å². The predicted octanol–water partition coefficient (Wildman–Crippen LogP) is 5.11. The van der Waals surface area contributed by atoms with Gasteiger partial charge in [-0.05, 0) is 36.4 Å². The smallest absolute Gasteiger partial charge is 0.256 e. The third kappa shape index (κ3) is 4.14. The number of carbonyl (C=O) groups is 1. The van der Waals surface area contributed by atoms with E-state index in [2.05, 4.69) is 16.9 Å². The van der Waals surface area contributed by atoms with E-state index in [1.54, 1.807) is 24.5 Å². The van der Waals surface area contributed by atoms with Gasteiger partial charge in [-0.15, -0.1) is 0 Å². The zero-order valence-electron chi connectivity index (χ0n) is 15.7. The topological polar surface area (TPSA) is 64.1 Å². The second kappa shape index (κ2) is 8.35. The van der Waals surface area contributed by atoms with Crippen molar-refractivity contribution in [3.63, 3.8) is 0 Å². The van der Waals surface area contributed by atoms with Crippen molar-refractivity contribution in [3.05, 3.63) is 97.3 Å². The fourth-order valence-electron chi connectivity index (χ4n) is 3.05. The fourth-order valence-corrected chi connectivity index (χ4v) is 3.05. The lowest BCUT2D eigenvalue weighted by Gasteiger charge is -2.11. The third-order valence-electron chi connectivity index (χ3n) is 4.40. The summed E-state index contributed by atoms with van der Waals surface area (Å²) in [4.78, 5) is 21.9. The van der Waals surface area contributed by atoms with Gasteiger partial charge in [0.15, 0.2) is 0 Å². The van der Waals surface area contributed by atoms with Crippen molar-refractivity contribution in [1.29, 1.82) is 0 Å². The van der Waals surface area contributed by atoms with E-state index >= 15 is 0 Å². The average molecular weight is 381 g/mol. The largest absolute Gasteiger partial charge is 0.489 e.